The predicted molar refractivity (Wildman–Crippen MR) is 72.3 cm³/mol. The highest BCUT2D eigenvalue weighted by molar-refractivity contribution is 6.08. The van der Waals surface area contributed by atoms with Gasteiger partial charge in [0.05, 0.1) is 5.71 Å². The Hall–Kier alpha value is -2.29. The Kier molecular flexibility index (Phi) is 2.73. The molecule has 2 aromatic heterocycles. The van der Waals surface area contributed by atoms with Crippen molar-refractivity contribution in [3.05, 3.63) is 65.9 Å². The lowest BCUT2D eigenvalue weighted by molar-refractivity contribution is 1.19. The molecule has 0 aliphatic carbocycles. The summed E-state index contributed by atoms with van der Waals surface area (Å²) in [6.45, 7) is 1.99. The van der Waals surface area contributed by atoms with Crippen LogP contribution in [0.1, 0.15) is 23.2 Å². The lowest BCUT2D eigenvalue weighted by atomic mass is 10.0. The first-order chi connectivity index (χ1) is 8.83. The van der Waals surface area contributed by atoms with Gasteiger partial charge in [0, 0.05) is 42.5 Å². The molecule has 3 heterocycles. The second-order valence-electron chi connectivity index (χ2n) is 4.34. The van der Waals surface area contributed by atoms with E-state index in [2.05, 4.69) is 21.0 Å². The Morgan fingerprint density at radius 2 is 2.00 bits per heavy atom. The number of pyridine rings is 2. The maximum atomic E-state index is 4.47. The van der Waals surface area contributed by atoms with Crippen molar-refractivity contribution in [1.29, 1.82) is 0 Å². The van der Waals surface area contributed by atoms with Crippen LogP contribution in [0.5, 0.6) is 0 Å². The summed E-state index contributed by atoms with van der Waals surface area (Å²) in [6.07, 6.45) is 8.30. The fourth-order valence-corrected chi connectivity index (χ4v) is 1.97. The van der Waals surface area contributed by atoms with E-state index in [0.717, 1.165) is 29.0 Å². The molecule has 3 rings (SSSR count). The second-order valence-corrected chi connectivity index (χ2v) is 4.34. The van der Waals surface area contributed by atoms with Crippen molar-refractivity contribution in [2.75, 3.05) is 0 Å². The minimum atomic E-state index is 0.844. The summed E-state index contributed by atoms with van der Waals surface area (Å²) in [7, 11) is 0. The standard InChI is InChI=1S/C15H13N3/c1-11-4-5-12(9-17-11)14-7-15(18-10-14)13-3-2-6-16-8-13/h2-6,8-10H,7H2,1H3. The van der Waals surface area contributed by atoms with Crippen molar-refractivity contribution >= 4 is 11.3 Å². The molecule has 0 bridgehead atoms. The number of aromatic nitrogens is 2. The summed E-state index contributed by atoms with van der Waals surface area (Å²) in [5, 5.41) is 0. The molecule has 2 aromatic rings. The van der Waals surface area contributed by atoms with Crippen molar-refractivity contribution in [2.45, 2.75) is 13.3 Å². The van der Waals surface area contributed by atoms with Crippen molar-refractivity contribution < 1.29 is 0 Å². The summed E-state index contributed by atoms with van der Waals surface area (Å²) in [5.74, 6) is 0. The third-order valence-corrected chi connectivity index (χ3v) is 3.01. The monoisotopic (exact) mass is 235 g/mol. The van der Waals surface area contributed by atoms with E-state index in [1.165, 1.54) is 5.57 Å². The van der Waals surface area contributed by atoms with E-state index in [9.17, 15) is 0 Å². The number of aliphatic imine (C=N–C) groups is 1. The van der Waals surface area contributed by atoms with Gasteiger partial charge in [-0.25, -0.2) is 0 Å². The van der Waals surface area contributed by atoms with Gasteiger partial charge in [-0.2, -0.15) is 0 Å². The van der Waals surface area contributed by atoms with Crippen molar-refractivity contribution in [3.8, 4) is 0 Å². The minimum absolute atomic E-state index is 0.844. The van der Waals surface area contributed by atoms with Crippen LogP contribution in [0.2, 0.25) is 0 Å². The van der Waals surface area contributed by atoms with E-state index < -0.39 is 0 Å². The van der Waals surface area contributed by atoms with E-state index in [1.54, 1.807) is 6.20 Å². The quantitative estimate of drug-likeness (QED) is 0.802. The summed E-state index contributed by atoms with van der Waals surface area (Å²) >= 11 is 0. The average Bonchev–Trinajstić information content (AvgIpc) is 2.90. The number of allylic oxidation sites excluding steroid dienone is 1. The summed E-state index contributed by atoms with van der Waals surface area (Å²) in [5.41, 5.74) is 5.54. The van der Waals surface area contributed by atoms with Crippen molar-refractivity contribution in [1.82, 2.24) is 9.97 Å². The molecule has 1 aliphatic heterocycles. The van der Waals surface area contributed by atoms with E-state index in [0.29, 0.717) is 0 Å². The molecule has 0 aromatic carbocycles. The van der Waals surface area contributed by atoms with Crippen LogP contribution in [0.25, 0.3) is 5.57 Å². The van der Waals surface area contributed by atoms with Crippen LogP contribution >= 0.6 is 0 Å². The Morgan fingerprint density at radius 1 is 1.06 bits per heavy atom. The number of hydrogen-bond donors (Lipinski definition) is 0. The average molecular weight is 235 g/mol. The Labute approximate surface area is 106 Å². The molecule has 0 N–H and O–H groups in total. The summed E-state index contributed by atoms with van der Waals surface area (Å²) < 4.78 is 0. The fourth-order valence-electron chi connectivity index (χ4n) is 1.97. The Morgan fingerprint density at radius 3 is 2.72 bits per heavy atom. The van der Waals surface area contributed by atoms with Gasteiger partial charge in [-0.15, -0.1) is 0 Å². The third kappa shape index (κ3) is 2.07. The molecule has 0 spiro atoms. The first kappa shape index (κ1) is 10.8. The summed E-state index contributed by atoms with van der Waals surface area (Å²) in [6, 6.07) is 8.09. The zero-order valence-corrected chi connectivity index (χ0v) is 10.2. The van der Waals surface area contributed by atoms with Gasteiger partial charge in [0.15, 0.2) is 0 Å². The largest absolute Gasteiger partial charge is 0.264 e. The fraction of sp³-hybridized carbons (Fsp3) is 0.133. The highest BCUT2D eigenvalue weighted by atomic mass is 14.8. The molecule has 0 fully saturated rings. The SMILES string of the molecule is Cc1ccc(C2=CN=C(c3cccnc3)C2)cn1. The van der Waals surface area contributed by atoms with Gasteiger partial charge < -0.3 is 0 Å². The van der Waals surface area contributed by atoms with E-state index in [-0.39, 0.29) is 0 Å². The zero-order valence-electron chi connectivity index (χ0n) is 10.2. The van der Waals surface area contributed by atoms with Crippen molar-refractivity contribution in [2.24, 2.45) is 4.99 Å². The maximum Gasteiger partial charge on any atom is 0.0536 e. The number of aryl methyl sites for hydroxylation is 1. The lowest BCUT2D eigenvalue weighted by Gasteiger charge is -2.03. The molecule has 0 saturated heterocycles. The second kappa shape index (κ2) is 4.53. The topological polar surface area (TPSA) is 38.1 Å². The van der Waals surface area contributed by atoms with Crippen molar-refractivity contribution in [3.63, 3.8) is 0 Å². The summed E-state index contributed by atoms with van der Waals surface area (Å²) in [4.78, 5) is 12.9. The van der Waals surface area contributed by atoms with Crippen LogP contribution in [0.3, 0.4) is 0 Å². The number of nitrogens with zero attached hydrogens (tertiary/aromatic N) is 3. The molecule has 0 radical (unpaired) electrons. The molecular formula is C15H13N3. The van der Waals surface area contributed by atoms with Gasteiger partial charge >= 0.3 is 0 Å². The zero-order chi connectivity index (χ0) is 12.4. The van der Waals surface area contributed by atoms with Crippen LogP contribution in [0.15, 0.2) is 54.0 Å². The van der Waals surface area contributed by atoms with Gasteiger partial charge in [0.25, 0.3) is 0 Å². The predicted octanol–water partition coefficient (Wildman–Crippen LogP) is 3.02. The number of rotatable bonds is 2. The van der Waals surface area contributed by atoms with E-state index in [4.69, 9.17) is 0 Å². The lowest BCUT2D eigenvalue weighted by Crippen LogP contribution is -1.98. The molecule has 0 unspecified atom stereocenters. The Bertz CT molecular complexity index is 610. The van der Waals surface area contributed by atoms with Gasteiger partial charge in [0.1, 0.15) is 0 Å². The highest BCUT2D eigenvalue weighted by Crippen LogP contribution is 2.25. The third-order valence-electron chi connectivity index (χ3n) is 3.01. The molecule has 0 saturated carbocycles. The van der Waals surface area contributed by atoms with Crippen LogP contribution in [-0.2, 0) is 0 Å². The molecular weight excluding hydrogens is 222 g/mol. The van der Waals surface area contributed by atoms with Crippen LogP contribution in [0.4, 0.5) is 0 Å². The first-order valence-electron chi connectivity index (χ1n) is 5.92. The molecule has 3 nitrogen and oxygen atoms in total. The molecule has 1 aliphatic rings. The maximum absolute atomic E-state index is 4.47. The van der Waals surface area contributed by atoms with E-state index >= 15 is 0 Å². The molecule has 0 atom stereocenters. The van der Waals surface area contributed by atoms with Crippen LogP contribution in [0, 0.1) is 6.92 Å². The minimum Gasteiger partial charge on any atom is -0.264 e. The molecule has 18 heavy (non-hydrogen) atoms. The van der Waals surface area contributed by atoms with Gasteiger partial charge in [-0.1, -0.05) is 12.1 Å². The van der Waals surface area contributed by atoms with Crippen LogP contribution in [-0.4, -0.2) is 15.7 Å². The first-order valence-corrected chi connectivity index (χ1v) is 5.92. The highest BCUT2D eigenvalue weighted by Gasteiger charge is 2.13. The molecule has 88 valence electrons. The van der Waals surface area contributed by atoms with Crippen LogP contribution < -0.4 is 0 Å². The van der Waals surface area contributed by atoms with E-state index in [1.807, 2.05) is 43.7 Å². The molecule has 0 amide bonds. The number of hydrogen-bond acceptors (Lipinski definition) is 3. The molecule has 3 heteroatoms. The van der Waals surface area contributed by atoms with Gasteiger partial charge in [0.2, 0.25) is 0 Å². The normalized spacial score (nSPS) is 14.3. The smallest absolute Gasteiger partial charge is 0.0536 e. The van der Waals surface area contributed by atoms with Gasteiger partial charge in [-0.05, 0) is 30.2 Å². The van der Waals surface area contributed by atoms with Gasteiger partial charge in [-0.3, -0.25) is 15.0 Å². The Balaban J connectivity index is 1.80.